The molecule has 0 aromatic carbocycles. The van der Waals surface area contributed by atoms with Gasteiger partial charge in [0.2, 0.25) is 0 Å². The molecule has 2 heterocycles. The summed E-state index contributed by atoms with van der Waals surface area (Å²) in [5.74, 6) is 0. The topological polar surface area (TPSA) is 29.9 Å². The van der Waals surface area contributed by atoms with Crippen molar-refractivity contribution in [1.82, 2.24) is 15.1 Å². The summed E-state index contributed by atoms with van der Waals surface area (Å²) in [6.07, 6.45) is 3.06. The Morgan fingerprint density at radius 1 is 1.73 bits per heavy atom. The lowest BCUT2D eigenvalue weighted by atomic mass is 10.0. The zero-order valence-corrected chi connectivity index (χ0v) is 6.96. The fourth-order valence-electron chi connectivity index (χ4n) is 1.57. The van der Waals surface area contributed by atoms with Gasteiger partial charge in [0.05, 0.1) is 6.20 Å². The summed E-state index contributed by atoms with van der Waals surface area (Å²) < 4.78 is 1.98. The fraction of sp³-hybridized carbons (Fsp3) is 0.625. The van der Waals surface area contributed by atoms with Crippen LogP contribution < -0.4 is 5.32 Å². The molecular formula is C8H13N3. The van der Waals surface area contributed by atoms with Crippen molar-refractivity contribution < 1.29 is 0 Å². The molecule has 60 valence electrons. The highest BCUT2D eigenvalue weighted by Gasteiger charge is 2.16. The first-order chi connectivity index (χ1) is 5.27. The van der Waals surface area contributed by atoms with E-state index in [1.165, 1.54) is 11.3 Å². The lowest BCUT2D eigenvalue weighted by Gasteiger charge is -2.20. The van der Waals surface area contributed by atoms with Crippen molar-refractivity contribution in [1.29, 1.82) is 0 Å². The summed E-state index contributed by atoms with van der Waals surface area (Å²) in [5.41, 5.74) is 2.74. The molecule has 0 fully saturated rings. The first-order valence-electron chi connectivity index (χ1n) is 4.00. The number of rotatable bonds is 0. The summed E-state index contributed by atoms with van der Waals surface area (Å²) in [5, 5.41) is 7.61. The van der Waals surface area contributed by atoms with Crippen LogP contribution in [0.15, 0.2) is 6.20 Å². The quantitative estimate of drug-likeness (QED) is 0.583. The second-order valence-electron chi connectivity index (χ2n) is 3.23. The molecule has 0 bridgehead atoms. The Hall–Kier alpha value is -0.830. The van der Waals surface area contributed by atoms with Crippen molar-refractivity contribution in [3.8, 4) is 0 Å². The number of fused-ring (bicyclic) bond motifs is 1. The number of aryl methyl sites for hydroxylation is 1. The molecule has 1 N–H and O–H groups in total. The Morgan fingerprint density at radius 2 is 2.55 bits per heavy atom. The molecule has 0 unspecified atom stereocenters. The fourth-order valence-corrected chi connectivity index (χ4v) is 1.57. The van der Waals surface area contributed by atoms with Gasteiger partial charge >= 0.3 is 0 Å². The molecule has 0 aliphatic carbocycles. The van der Waals surface area contributed by atoms with E-state index in [9.17, 15) is 0 Å². The van der Waals surface area contributed by atoms with Crippen molar-refractivity contribution >= 4 is 0 Å². The van der Waals surface area contributed by atoms with Crippen LogP contribution >= 0.6 is 0 Å². The summed E-state index contributed by atoms with van der Waals surface area (Å²) in [4.78, 5) is 0. The molecule has 0 spiro atoms. The lowest BCUT2D eigenvalue weighted by Crippen LogP contribution is -2.33. The predicted octanol–water partition coefficient (Wildman–Crippen LogP) is 0.454. The minimum atomic E-state index is 0.595. The predicted molar refractivity (Wildman–Crippen MR) is 43.2 cm³/mol. The third-order valence-corrected chi connectivity index (χ3v) is 2.29. The maximum absolute atomic E-state index is 4.21. The number of hydrogen-bond acceptors (Lipinski definition) is 2. The van der Waals surface area contributed by atoms with E-state index in [1.54, 1.807) is 0 Å². The average molecular weight is 151 g/mol. The standard InChI is InChI=1S/C8H13N3/c1-6-3-8-7(4-9-6)5-10-11(8)2/h5-6,9H,3-4H2,1-2H3/t6-/m0/s1. The molecule has 0 saturated heterocycles. The number of aromatic nitrogens is 2. The lowest BCUT2D eigenvalue weighted by molar-refractivity contribution is 0.494. The van der Waals surface area contributed by atoms with Gasteiger partial charge in [0.25, 0.3) is 0 Å². The molecule has 3 heteroatoms. The van der Waals surface area contributed by atoms with Crippen molar-refractivity contribution in [3.05, 3.63) is 17.5 Å². The monoisotopic (exact) mass is 151 g/mol. The van der Waals surface area contributed by atoms with Gasteiger partial charge in [-0.2, -0.15) is 5.10 Å². The second-order valence-corrected chi connectivity index (χ2v) is 3.23. The Kier molecular flexibility index (Phi) is 1.46. The smallest absolute Gasteiger partial charge is 0.0537 e. The minimum Gasteiger partial charge on any atom is -0.310 e. The van der Waals surface area contributed by atoms with E-state index in [1.807, 2.05) is 17.9 Å². The van der Waals surface area contributed by atoms with E-state index in [4.69, 9.17) is 0 Å². The summed E-state index contributed by atoms with van der Waals surface area (Å²) in [7, 11) is 2.01. The van der Waals surface area contributed by atoms with Gasteiger partial charge < -0.3 is 5.32 Å². The van der Waals surface area contributed by atoms with E-state index in [-0.39, 0.29) is 0 Å². The molecule has 0 amide bonds. The summed E-state index contributed by atoms with van der Waals surface area (Å²) in [6, 6.07) is 0.595. The molecule has 1 aromatic heterocycles. The number of nitrogens with zero attached hydrogens (tertiary/aromatic N) is 2. The van der Waals surface area contributed by atoms with Crippen molar-refractivity contribution in [2.75, 3.05) is 0 Å². The van der Waals surface area contributed by atoms with Crippen LogP contribution in [0.1, 0.15) is 18.2 Å². The largest absolute Gasteiger partial charge is 0.310 e. The second kappa shape index (κ2) is 2.34. The maximum atomic E-state index is 4.21. The van der Waals surface area contributed by atoms with E-state index >= 15 is 0 Å². The van der Waals surface area contributed by atoms with Crippen LogP contribution in [0.3, 0.4) is 0 Å². The van der Waals surface area contributed by atoms with Crippen LogP contribution in [0.25, 0.3) is 0 Å². The maximum Gasteiger partial charge on any atom is 0.0537 e. The van der Waals surface area contributed by atoms with Gasteiger partial charge in [0.1, 0.15) is 0 Å². The van der Waals surface area contributed by atoms with Gasteiger partial charge in [-0.3, -0.25) is 4.68 Å². The first kappa shape index (κ1) is 6.85. The molecule has 0 saturated carbocycles. The summed E-state index contributed by atoms with van der Waals surface area (Å²) >= 11 is 0. The Labute approximate surface area is 66.4 Å². The third kappa shape index (κ3) is 1.05. The van der Waals surface area contributed by atoms with Crippen LogP contribution in [-0.2, 0) is 20.0 Å². The third-order valence-electron chi connectivity index (χ3n) is 2.29. The highest BCUT2D eigenvalue weighted by molar-refractivity contribution is 5.21. The summed E-state index contributed by atoms with van der Waals surface area (Å²) in [6.45, 7) is 3.18. The molecule has 0 radical (unpaired) electrons. The molecule has 1 aliphatic heterocycles. The molecule has 1 aromatic rings. The molecule has 11 heavy (non-hydrogen) atoms. The van der Waals surface area contributed by atoms with Crippen LogP contribution in [0.4, 0.5) is 0 Å². The van der Waals surface area contributed by atoms with Gasteiger partial charge in [0, 0.05) is 37.3 Å². The van der Waals surface area contributed by atoms with E-state index in [0.29, 0.717) is 6.04 Å². The molecule has 1 atom stereocenters. The first-order valence-corrected chi connectivity index (χ1v) is 4.00. The molecule has 1 aliphatic rings. The molecule has 3 nitrogen and oxygen atoms in total. The highest BCUT2D eigenvalue weighted by atomic mass is 15.3. The van der Waals surface area contributed by atoms with Crippen LogP contribution in [0, 0.1) is 0 Å². The van der Waals surface area contributed by atoms with Gasteiger partial charge in [-0.25, -0.2) is 0 Å². The Morgan fingerprint density at radius 3 is 3.36 bits per heavy atom. The van der Waals surface area contributed by atoms with Crippen molar-refractivity contribution in [2.24, 2.45) is 7.05 Å². The van der Waals surface area contributed by atoms with E-state index in [0.717, 1.165) is 13.0 Å². The average Bonchev–Trinajstić information content (AvgIpc) is 2.33. The molecule has 2 rings (SSSR count). The number of hydrogen-bond donors (Lipinski definition) is 1. The van der Waals surface area contributed by atoms with Crippen LogP contribution in [0.5, 0.6) is 0 Å². The van der Waals surface area contributed by atoms with Gasteiger partial charge in [-0.05, 0) is 6.92 Å². The van der Waals surface area contributed by atoms with Crippen molar-refractivity contribution in [3.63, 3.8) is 0 Å². The van der Waals surface area contributed by atoms with Crippen LogP contribution in [-0.4, -0.2) is 15.8 Å². The van der Waals surface area contributed by atoms with Crippen molar-refractivity contribution in [2.45, 2.75) is 25.9 Å². The van der Waals surface area contributed by atoms with E-state index in [2.05, 4.69) is 17.3 Å². The zero-order chi connectivity index (χ0) is 7.84. The normalized spacial score (nSPS) is 23.3. The number of nitrogens with one attached hydrogen (secondary N) is 1. The Bertz CT molecular complexity index is 264. The zero-order valence-electron chi connectivity index (χ0n) is 6.96. The van der Waals surface area contributed by atoms with Gasteiger partial charge in [-0.1, -0.05) is 0 Å². The van der Waals surface area contributed by atoms with Crippen LogP contribution in [0.2, 0.25) is 0 Å². The van der Waals surface area contributed by atoms with Gasteiger partial charge in [-0.15, -0.1) is 0 Å². The van der Waals surface area contributed by atoms with E-state index < -0.39 is 0 Å². The molecular weight excluding hydrogens is 138 g/mol. The highest BCUT2D eigenvalue weighted by Crippen LogP contribution is 2.14. The minimum absolute atomic E-state index is 0.595. The SMILES string of the molecule is C[C@H]1Cc2c(cnn2C)CN1. The Balaban J connectivity index is 2.37. The van der Waals surface area contributed by atoms with Gasteiger partial charge in [0.15, 0.2) is 0 Å².